The van der Waals surface area contributed by atoms with E-state index in [2.05, 4.69) is 0 Å². The number of rotatable bonds is 0. The van der Waals surface area contributed by atoms with Gasteiger partial charge in [0.1, 0.15) is 6.10 Å². The van der Waals surface area contributed by atoms with Crippen molar-refractivity contribution in [1.82, 2.24) is 0 Å². The van der Waals surface area contributed by atoms with Crippen LogP contribution in [0.2, 0.25) is 0 Å². The molecule has 0 aromatic rings. The van der Waals surface area contributed by atoms with Crippen molar-refractivity contribution in [3.8, 4) is 0 Å². The van der Waals surface area contributed by atoms with E-state index in [1.165, 1.54) is 0 Å². The highest BCUT2D eigenvalue weighted by molar-refractivity contribution is 7.82. The maximum atomic E-state index is 5.06. The van der Waals surface area contributed by atoms with E-state index in [4.69, 9.17) is 29.2 Å². The molecule has 0 bridgehead atoms. The fourth-order valence-corrected chi connectivity index (χ4v) is 1.16. The van der Waals surface area contributed by atoms with Gasteiger partial charge in [-0.05, 0) is 19.1 Å². The van der Waals surface area contributed by atoms with Crippen LogP contribution in [0.15, 0.2) is 0 Å². The van der Waals surface area contributed by atoms with Crippen molar-refractivity contribution in [2.24, 2.45) is 0 Å². The monoisotopic (exact) mass is 146 g/mol. The average molecular weight is 146 g/mol. The number of thiocarbonyl (C=S) groups is 2. The van der Waals surface area contributed by atoms with Gasteiger partial charge in [-0.3, -0.25) is 0 Å². The van der Waals surface area contributed by atoms with Crippen LogP contribution in [0.3, 0.4) is 0 Å². The molecule has 0 aromatic carbocycles. The van der Waals surface area contributed by atoms with Crippen LogP contribution >= 0.6 is 24.4 Å². The molecule has 0 radical (unpaired) electrons. The fourth-order valence-electron chi connectivity index (χ4n) is 0.591. The summed E-state index contributed by atoms with van der Waals surface area (Å²) in [6.45, 7) is 1.92. The lowest BCUT2D eigenvalue weighted by atomic mass is 10.3. The first kappa shape index (κ1) is 6.11. The Morgan fingerprint density at radius 2 is 2.25 bits per heavy atom. The first-order valence-corrected chi connectivity index (χ1v) is 3.24. The highest BCUT2D eigenvalue weighted by Crippen LogP contribution is 2.11. The summed E-state index contributed by atoms with van der Waals surface area (Å²) in [5.74, 6) is 0. The molecule has 0 aromatic heterocycles. The van der Waals surface area contributed by atoms with Gasteiger partial charge in [-0.2, -0.15) is 0 Å². The first-order chi connectivity index (χ1) is 3.70. The zero-order valence-corrected chi connectivity index (χ0v) is 6.14. The van der Waals surface area contributed by atoms with Crippen LogP contribution < -0.4 is 0 Å². The predicted octanol–water partition coefficient (Wildman–Crippen LogP) is 1.49. The van der Waals surface area contributed by atoms with Crippen molar-refractivity contribution in [1.29, 1.82) is 0 Å². The Balaban J connectivity index is 2.64. The van der Waals surface area contributed by atoms with Gasteiger partial charge in [-0.15, -0.1) is 0 Å². The van der Waals surface area contributed by atoms with Gasteiger partial charge in [-0.1, -0.05) is 12.2 Å². The zero-order valence-electron chi connectivity index (χ0n) is 4.51. The molecule has 1 aliphatic rings. The second kappa shape index (κ2) is 2.07. The van der Waals surface area contributed by atoms with Gasteiger partial charge in [-0.25, -0.2) is 0 Å². The average Bonchev–Trinajstić information content (AvgIpc) is 1.85. The Bertz CT molecular complexity index is 141. The Morgan fingerprint density at radius 1 is 1.62 bits per heavy atom. The Morgan fingerprint density at radius 3 is 2.38 bits per heavy atom. The smallest absolute Gasteiger partial charge is 0.165 e. The van der Waals surface area contributed by atoms with Crippen LogP contribution in [0.25, 0.3) is 0 Å². The molecule has 0 aliphatic carbocycles. The third kappa shape index (κ3) is 1.03. The summed E-state index contributed by atoms with van der Waals surface area (Å²) < 4.78 is 5.06. The SMILES string of the molecule is CC1OC(=S)CC1=S. The summed E-state index contributed by atoms with van der Waals surface area (Å²) in [7, 11) is 0. The third-order valence-electron chi connectivity index (χ3n) is 1.08. The minimum atomic E-state index is 0.0810. The van der Waals surface area contributed by atoms with Gasteiger partial charge in [0.25, 0.3) is 0 Å². The lowest BCUT2D eigenvalue weighted by molar-refractivity contribution is 0.298. The van der Waals surface area contributed by atoms with Gasteiger partial charge < -0.3 is 4.74 Å². The molecule has 0 spiro atoms. The van der Waals surface area contributed by atoms with E-state index in [0.717, 1.165) is 4.86 Å². The highest BCUT2D eigenvalue weighted by Gasteiger charge is 2.20. The van der Waals surface area contributed by atoms with Gasteiger partial charge in [0.15, 0.2) is 5.05 Å². The van der Waals surface area contributed by atoms with Crippen molar-refractivity contribution in [3.63, 3.8) is 0 Å². The molecule has 1 heterocycles. The van der Waals surface area contributed by atoms with E-state index >= 15 is 0 Å². The van der Waals surface area contributed by atoms with Crippen molar-refractivity contribution in [2.75, 3.05) is 0 Å². The molecule has 1 unspecified atom stereocenters. The minimum Gasteiger partial charge on any atom is -0.479 e. The van der Waals surface area contributed by atoms with Gasteiger partial charge in [0, 0.05) is 4.86 Å². The normalized spacial score (nSPS) is 28.4. The fraction of sp³-hybridized carbons (Fsp3) is 0.600. The summed E-state index contributed by atoms with van der Waals surface area (Å²) in [5.41, 5.74) is 0. The minimum absolute atomic E-state index is 0.0810. The van der Waals surface area contributed by atoms with Crippen LogP contribution in [-0.4, -0.2) is 16.0 Å². The molecular formula is C5H6OS2. The van der Waals surface area contributed by atoms with Gasteiger partial charge in [0.2, 0.25) is 0 Å². The Kier molecular flexibility index (Phi) is 1.58. The highest BCUT2D eigenvalue weighted by atomic mass is 32.1. The molecular weight excluding hydrogens is 140 g/mol. The number of hydrogen-bond donors (Lipinski definition) is 0. The lowest BCUT2D eigenvalue weighted by Crippen LogP contribution is -2.06. The van der Waals surface area contributed by atoms with E-state index in [-0.39, 0.29) is 6.10 Å². The predicted molar refractivity (Wildman–Crippen MR) is 40.4 cm³/mol. The van der Waals surface area contributed by atoms with E-state index in [1.807, 2.05) is 6.92 Å². The molecule has 8 heavy (non-hydrogen) atoms. The maximum absolute atomic E-state index is 5.06. The van der Waals surface area contributed by atoms with Crippen LogP contribution in [0.1, 0.15) is 13.3 Å². The molecule has 0 N–H and O–H groups in total. The van der Waals surface area contributed by atoms with E-state index in [9.17, 15) is 0 Å². The maximum Gasteiger partial charge on any atom is 0.165 e. The number of ether oxygens (including phenoxy) is 1. The quantitative estimate of drug-likeness (QED) is 0.479. The molecule has 3 heteroatoms. The third-order valence-corrected chi connectivity index (χ3v) is 1.80. The van der Waals surface area contributed by atoms with E-state index < -0.39 is 0 Å². The molecule has 1 rings (SSSR count). The number of hydrogen-bond acceptors (Lipinski definition) is 3. The standard InChI is InChI=1S/C5H6OS2/c1-3-4(7)2-5(8)6-3/h3H,2H2,1H3. The van der Waals surface area contributed by atoms with Gasteiger partial charge >= 0.3 is 0 Å². The van der Waals surface area contributed by atoms with Crippen molar-refractivity contribution < 1.29 is 4.74 Å². The Labute approximate surface area is 59.0 Å². The molecule has 1 saturated heterocycles. The molecule has 1 aliphatic heterocycles. The first-order valence-electron chi connectivity index (χ1n) is 2.42. The molecule has 1 fully saturated rings. The van der Waals surface area contributed by atoms with Crippen LogP contribution in [-0.2, 0) is 4.74 Å². The van der Waals surface area contributed by atoms with Crippen molar-refractivity contribution in [2.45, 2.75) is 19.4 Å². The summed E-state index contributed by atoms with van der Waals surface area (Å²) in [5, 5.41) is 0.641. The molecule has 0 saturated carbocycles. The largest absolute Gasteiger partial charge is 0.479 e. The van der Waals surface area contributed by atoms with Crippen molar-refractivity contribution >= 4 is 34.4 Å². The van der Waals surface area contributed by atoms with Gasteiger partial charge in [0.05, 0.1) is 6.42 Å². The second-order valence-electron chi connectivity index (χ2n) is 1.78. The summed E-state index contributed by atoms with van der Waals surface area (Å²) >= 11 is 9.67. The molecule has 1 atom stereocenters. The topological polar surface area (TPSA) is 9.23 Å². The molecule has 0 amide bonds. The Hall–Kier alpha value is -0.0200. The summed E-state index contributed by atoms with van der Waals surface area (Å²) in [4.78, 5) is 0.926. The van der Waals surface area contributed by atoms with Crippen LogP contribution in [0, 0.1) is 0 Å². The zero-order chi connectivity index (χ0) is 6.15. The van der Waals surface area contributed by atoms with Crippen LogP contribution in [0.4, 0.5) is 0 Å². The summed E-state index contributed by atoms with van der Waals surface area (Å²) in [6, 6.07) is 0. The summed E-state index contributed by atoms with van der Waals surface area (Å²) in [6.07, 6.45) is 0.781. The van der Waals surface area contributed by atoms with Crippen LogP contribution in [0.5, 0.6) is 0 Å². The van der Waals surface area contributed by atoms with Crippen molar-refractivity contribution in [3.05, 3.63) is 0 Å². The van der Waals surface area contributed by atoms with E-state index in [1.54, 1.807) is 0 Å². The molecule has 44 valence electrons. The van der Waals surface area contributed by atoms with E-state index in [0.29, 0.717) is 11.5 Å². The molecule has 1 nitrogen and oxygen atoms in total. The second-order valence-corrected chi connectivity index (χ2v) is 2.75. The lowest BCUT2D eigenvalue weighted by Gasteiger charge is -1.98.